The molecule has 118 valence electrons. The van der Waals surface area contributed by atoms with Crippen LogP contribution in [-0.4, -0.2) is 19.6 Å². The number of carbonyl (C=O) groups excluding carboxylic acids is 1. The van der Waals surface area contributed by atoms with E-state index in [2.05, 4.69) is 10.1 Å². The van der Waals surface area contributed by atoms with Gasteiger partial charge < -0.3 is 10.1 Å². The Kier molecular flexibility index (Phi) is 2.87. The maximum absolute atomic E-state index is 13.1. The lowest BCUT2D eigenvalue weighted by Crippen LogP contribution is -2.44. The number of piperidine rings is 1. The fourth-order valence-electron chi connectivity index (χ4n) is 2.99. The second-order valence-electron chi connectivity index (χ2n) is 5.54. The van der Waals surface area contributed by atoms with Crippen molar-refractivity contribution in [3.05, 3.63) is 47.0 Å². The molecule has 0 radical (unpaired) electrons. The minimum absolute atomic E-state index is 0.0430. The fraction of sp³-hybridized carbons (Fsp3) is 0.471. The molecular weight excluding hydrogens is 288 g/mol. The molecule has 1 saturated carbocycles. The van der Waals surface area contributed by atoms with Gasteiger partial charge in [0.05, 0.1) is 12.7 Å². The molecule has 1 aromatic carbocycles. The zero-order valence-electron chi connectivity index (χ0n) is 16.1. The van der Waals surface area contributed by atoms with Gasteiger partial charge in [-0.05, 0) is 60.8 Å². The number of ether oxygens (including phenoxy) is 1. The van der Waals surface area contributed by atoms with Crippen LogP contribution in [0, 0.1) is 5.41 Å². The van der Waals surface area contributed by atoms with Crippen LogP contribution in [0.15, 0.2) is 35.9 Å². The van der Waals surface area contributed by atoms with Gasteiger partial charge in [0.1, 0.15) is 0 Å². The number of allylic oxidation sites excluding steroid dienone is 1. The van der Waals surface area contributed by atoms with Crippen molar-refractivity contribution in [2.24, 2.45) is 5.41 Å². The van der Waals surface area contributed by atoms with Gasteiger partial charge >= 0.3 is 5.97 Å². The molecule has 3 nitrogen and oxygen atoms in total. The van der Waals surface area contributed by atoms with Gasteiger partial charge in [-0.2, -0.15) is 8.78 Å². The lowest BCUT2D eigenvalue weighted by Gasteiger charge is -2.49. The smallest absolute Gasteiger partial charge is 0.337 e. The number of rotatable bonds is 2. The van der Waals surface area contributed by atoms with E-state index < -0.39 is 41.8 Å². The molecule has 1 N–H and O–H groups in total. The van der Waals surface area contributed by atoms with Crippen LogP contribution in [-0.2, 0) is 4.74 Å². The summed E-state index contributed by atoms with van der Waals surface area (Å²) in [5, 5.41) is 3.19. The fourth-order valence-corrected chi connectivity index (χ4v) is 2.99. The van der Waals surface area contributed by atoms with Gasteiger partial charge in [-0.1, -0.05) is 12.1 Å². The molecule has 5 heteroatoms. The van der Waals surface area contributed by atoms with Crippen LogP contribution in [0.2, 0.25) is 0 Å². The quantitative estimate of drug-likeness (QED) is 0.844. The number of halogens is 2. The third-order valence-corrected chi connectivity index (χ3v) is 4.15. The van der Waals surface area contributed by atoms with Crippen molar-refractivity contribution in [1.82, 2.24) is 5.32 Å². The van der Waals surface area contributed by atoms with E-state index in [0.29, 0.717) is 12.1 Å². The van der Waals surface area contributed by atoms with Gasteiger partial charge in [-0.3, -0.25) is 0 Å². The predicted octanol–water partition coefficient (Wildman–Crippen LogP) is 3.83. The Morgan fingerprint density at radius 1 is 1.36 bits per heavy atom. The third kappa shape index (κ3) is 2.77. The summed E-state index contributed by atoms with van der Waals surface area (Å²) in [6, 6.07) is 6.10. The minimum atomic E-state index is -2.40. The second kappa shape index (κ2) is 5.80. The molecule has 2 aliphatic rings. The van der Waals surface area contributed by atoms with E-state index >= 15 is 0 Å². The summed E-state index contributed by atoms with van der Waals surface area (Å²) < 4.78 is 63.4. The van der Waals surface area contributed by atoms with Gasteiger partial charge in [-0.25, -0.2) is 4.79 Å². The molecule has 0 unspecified atom stereocenters. The van der Waals surface area contributed by atoms with Crippen LogP contribution in [0.1, 0.15) is 53.0 Å². The molecule has 22 heavy (non-hydrogen) atoms. The summed E-state index contributed by atoms with van der Waals surface area (Å²) >= 11 is 0. The summed E-state index contributed by atoms with van der Waals surface area (Å²) in [5.41, 5.74) is -1.45. The molecule has 0 aromatic heterocycles. The highest BCUT2D eigenvalue weighted by Crippen LogP contribution is 2.55. The molecule has 1 spiro atoms. The molecule has 3 rings (SSSR count). The predicted molar refractivity (Wildman–Crippen MR) is 78.7 cm³/mol. The second-order valence-corrected chi connectivity index (χ2v) is 5.54. The molecule has 1 atom stereocenters. The summed E-state index contributed by atoms with van der Waals surface area (Å²) in [6.07, 6.45) is -6.91. The molecule has 1 aliphatic carbocycles. The molecule has 1 aliphatic heterocycles. The number of benzene rings is 1. The van der Waals surface area contributed by atoms with Crippen molar-refractivity contribution < 1.29 is 23.8 Å². The van der Waals surface area contributed by atoms with Crippen molar-refractivity contribution in [2.45, 2.75) is 31.6 Å². The van der Waals surface area contributed by atoms with Gasteiger partial charge in [0.15, 0.2) is 0 Å². The van der Waals surface area contributed by atoms with Crippen LogP contribution >= 0.6 is 0 Å². The minimum Gasteiger partial charge on any atom is -0.465 e. The topological polar surface area (TPSA) is 38.3 Å². The van der Waals surface area contributed by atoms with Crippen LogP contribution in [0.25, 0.3) is 0 Å². The zero-order valence-corrected chi connectivity index (χ0v) is 12.1. The van der Waals surface area contributed by atoms with Crippen molar-refractivity contribution in [2.75, 3.05) is 13.7 Å². The first-order valence-electron chi connectivity index (χ1n) is 9.06. The monoisotopic (exact) mass is 311 g/mol. The molecule has 0 bridgehead atoms. The van der Waals surface area contributed by atoms with Gasteiger partial charge in [0, 0.05) is 11.5 Å². The molecule has 1 heterocycles. The third-order valence-electron chi connectivity index (χ3n) is 4.15. The Bertz CT molecular complexity index is 743. The lowest BCUT2D eigenvalue weighted by molar-refractivity contribution is 0.0600. The van der Waals surface area contributed by atoms with Crippen LogP contribution in [0.4, 0.5) is 8.78 Å². The Balaban J connectivity index is 1.91. The largest absolute Gasteiger partial charge is 0.465 e. The molecule has 1 saturated heterocycles. The molecular formula is C17H19F2NO2. The van der Waals surface area contributed by atoms with Crippen molar-refractivity contribution >= 4 is 5.97 Å². The highest BCUT2D eigenvalue weighted by Gasteiger charge is 2.45. The average molecular weight is 311 g/mol. The van der Waals surface area contributed by atoms with E-state index in [1.165, 1.54) is 7.11 Å². The number of hydrogen-bond donors (Lipinski definition) is 1. The van der Waals surface area contributed by atoms with Crippen molar-refractivity contribution in [3.63, 3.8) is 0 Å². The number of esters is 1. The number of carbonyl (C=O) groups is 1. The molecule has 1 aromatic rings. The highest BCUT2D eigenvalue weighted by molar-refractivity contribution is 5.89. The van der Waals surface area contributed by atoms with Gasteiger partial charge in [0.2, 0.25) is 0 Å². The zero-order chi connectivity index (χ0) is 19.3. The molecule has 2 fully saturated rings. The highest BCUT2D eigenvalue weighted by atomic mass is 19.3. The SMILES string of the molecule is [2H]C1([2H])C(=C(F)F)C([2H])([2H])C12CCN[C@H](c1ccc(C(=O)OC)cc1)C2. The Hall–Kier alpha value is -1.75. The lowest BCUT2D eigenvalue weighted by atomic mass is 9.59. The van der Waals surface area contributed by atoms with E-state index in [-0.39, 0.29) is 12.8 Å². The Morgan fingerprint density at radius 2 is 2.05 bits per heavy atom. The van der Waals surface area contributed by atoms with Gasteiger partial charge in [0.25, 0.3) is 6.08 Å². The maximum atomic E-state index is 13.1. The maximum Gasteiger partial charge on any atom is 0.337 e. The molecule has 0 amide bonds. The Morgan fingerprint density at radius 3 is 2.64 bits per heavy atom. The summed E-state index contributed by atoms with van der Waals surface area (Å²) in [6.45, 7) is 0.309. The van der Waals surface area contributed by atoms with E-state index in [1.807, 2.05) is 0 Å². The number of nitrogens with one attached hydrogen (secondary N) is 1. The number of methoxy groups -OCH3 is 1. The normalized spacial score (nSPS) is 30.3. The standard InChI is InChI=1S/C17H19F2NO2/c1-22-16(21)12-4-2-11(3-5-12)14-10-17(6-7-20-14)8-13(9-17)15(18)19/h2-5,14,20H,6-10H2,1H3/t14-/m0/s1/i8D2,9D2. The first kappa shape index (κ1) is 10.9. The summed E-state index contributed by atoms with van der Waals surface area (Å²) in [7, 11) is 1.28. The van der Waals surface area contributed by atoms with E-state index in [0.717, 1.165) is 5.56 Å². The van der Waals surface area contributed by atoms with E-state index in [1.54, 1.807) is 24.3 Å². The van der Waals surface area contributed by atoms with Crippen LogP contribution in [0.3, 0.4) is 0 Å². The van der Waals surface area contributed by atoms with Crippen LogP contribution < -0.4 is 5.32 Å². The first-order chi connectivity index (χ1) is 12.1. The van der Waals surface area contributed by atoms with Crippen LogP contribution in [0.5, 0.6) is 0 Å². The number of hydrogen-bond acceptors (Lipinski definition) is 3. The summed E-state index contributed by atoms with van der Waals surface area (Å²) in [4.78, 5) is 11.5. The first-order valence-corrected chi connectivity index (χ1v) is 7.06. The van der Waals surface area contributed by atoms with Gasteiger partial charge in [-0.15, -0.1) is 0 Å². The van der Waals surface area contributed by atoms with Crippen molar-refractivity contribution in [3.8, 4) is 0 Å². The van der Waals surface area contributed by atoms with E-state index in [9.17, 15) is 13.6 Å². The summed E-state index contributed by atoms with van der Waals surface area (Å²) in [5.74, 6) is -0.482. The average Bonchev–Trinajstić information content (AvgIpc) is 2.60. The Labute approximate surface area is 134 Å². The van der Waals surface area contributed by atoms with E-state index in [4.69, 9.17) is 5.48 Å². The van der Waals surface area contributed by atoms with Crippen molar-refractivity contribution in [1.29, 1.82) is 0 Å².